The van der Waals surface area contributed by atoms with E-state index in [2.05, 4.69) is 16.0 Å². The Hall–Kier alpha value is -10.0. The standard InChI is InChI=1S/C69H62F3N3O9/c1-42(76)73-25-24-57-59(33-56(79)34-66(57)82-39-45-14-7-4-8-15-45)49-26-50(30-54(71)29-49)62(37-74-43(2)77)58-22-23-64(80)69(84-41-47-18-11-6-12-19-47)68(58)52-27-51(31-55(72)32-52)63(38-75-44(3)78)61-36-67(83-40-46-16-9-5-10-17-46)65(81)35-60(61)48-20-13-21-53(70)28-48/h4-23,26-36,62-63,79-81H,24-25,37-41H2,1-3H3,(H,73,76)(H,74,77)(H,75,78). The van der Waals surface area contributed by atoms with Gasteiger partial charge >= 0.3 is 0 Å². The largest absolute Gasteiger partial charge is 0.508 e. The van der Waals surface area contributed by atoms with Crippen molar-refractivity contribution in [1.82, 2.24) is 16.0 Å². The van der Waals surface area contributed by atoms with Gasteiger partial charge in [0.2, 0.25) is 17.7 Å². The maximum atomic E-state index is 17.1. The zero-order valence-electron chi connectivity index (χ0n) is 46.4. The first kappa shape index (κ1) is 58.6. The SMILES string of the molecule is CC(=O)NCCc1c(OCc2ccccc2)cc(O)cc1-c1cc(F)cc(C(CNC(C)=O)c2ccc(O)c(OCc3ccccc3)c2-c2cc(F)cc(C(CNC(C)=O)c3cc(OCc4ccccc4)c(O)cc3-c3cccc(F)c3)c2)c1. The molecular formula is C69H62F3N3O9. The molecule has 428 valence electrons. The summed E-state index contributed by atoms with van der Waals surface area (Å²) in [5.74, 6) is -5.52. The number of hydrogen-bond donors (Lipinski definition) is 6. The summed E-state index contributed by atoms with van der Waals surface area (Å²) in [6.07, 6.45) is 0.214. The van der Waals surface area contributed by atoms with Gasteiger partial charge in [-0.25, -0.2) is 13.2 Å². The van der Waals surface area contributed by atoms with Crippen molar-refractivity contribution in [2.24, 2.45) is 0 Å². The molecule has 12 nitrogen and oxygen atoms in total. The predicted molar refractivity (Wildman–Crippen MR) is 316 cm³/mol. The van der Waals surface area contributed by atoms with Gasteiger partial charge in [-0.05, 0) is 134 Å². The molecule has 0 fully saturated rings. The normalized spacial score (nSPS) is 11.7. The van der Waals surface area contributed by atoms with E-state index in [1.807, 2.05) is 91.0 Å². The van der Waals surface area contributed by atoms with Crippen LogP contribution in [0.4, 0.5) is 13.2 Å². The molecule has 0 aliphatic heterocycles. The lowest BCUT2D eigenvalue weighted by atomic mass is 9.81. The molecule has 9 aromatic rings. The number of rotatable bonds is 23. The van der Waals surface area contributed by atoms with Gasteiger partial charge in [0.1, 0.15) is 48.8 Å². The van der Waals surface area contributed by atoms with Crippen molar-refractivity contribution in [2.45, 2.75) is 58.8 Å². The van der Waals surface area contributed by atoms with Gasteiger partial charge in [0, 0.05) is 69.4 Å². The van der Waals surface area contributed by atoms with Gasteiger partial charge < -0.3 is 45.5 Å². The van der Waals surface area contributed by atoms with Crippen molar-refractivity contribution >= 4 is 17.7 Å². The Morgan fingerprint density at radius 3 is 1.55 bits per heavy atom. The van der Waals surface area contributed by atoms with Crippen molar-refractivity contribution in [2.75, 3.05) is 19.6 Å². The average Bonchev–Trinajstić information content (AvgIpc) is 2.45. The highest BCUT2D eigenvalue weighted by atomic mass is 19.1. The number of carbonyl (C=O) groups excluding carboxylic acids is 3. The molecule has 6 N–H and O–H groups in total. The van der Waals surface area contributed by atoms with Crippen molar-refractivity contribution in [3.8, 4) is 67.9 Å². The lowest BCUT2D eigenvalue weighted by molar-refractivity contribution is -0.119. The van der Waals surface area contributed by atoms with Gasteiger partial charge in [-0.15, -0.1) is 0 Å². The molecule has 0 aliphatic carbocycles. The molecule has 0 saturated carbocycles. The maximum absolute atomic E-state index is 17.1. The fourth-order valence-corrected chi connectivity index (χ4v) is 10.3. The third-order valence-corrected chi connectivity index (χ3v) is 14.2. The number of benzene rings is 9. The Labute approximate surface area is 485 Å². The molecule has 0 aliphatic rings. The third kappa shape index (κ3) is 14.9. The fourth-order valence-electron chi connectivity index (χ4n) is 10.3. The van der Waals surface area contributed by atoms with Gasteiger partial charge in [-0.1, -0.05) is 121 Å². The minimum absolute atomic E-state index is 0.0575. The summed E-state index contributed by atoms with van der Waals surface area (Å²) in [5.41, 5.74) is 6.03. The lowest BCUT2D eigenvalue weighted by Gasteiger charge is -2.27. The molecule has 84 heavy (non-hydrogen) atoms. The topological polar surface area (TPSA) is 176 Å². The highest BCUT2D eigenvalue weighted by molar-refractivity contribution is 5.82. The minimum Gasteiger partial charge on any atom is -0.508 e. The number of ether oxygens (including phenoxy) is 3. The van der Waals surface area contributed by atoms with Crippen LogP contribution in [-0.4, -0.2) is 52.7 Å². The molecule has 15 heteroatoms. The Kier molecular flexibility index (Phi) is 19.0. The molecule has 9 aromatic carbocycles. The molecule has 0 saturated heterocycles. The monoisotopic (exact) mass is 1130 g/mol. The fraction of sp³-hybridized carbons (Fsp3) is 0.174. The van der Waals surface area contributed by atoms with Crippen LogP contribution in [0.2, 0.25) is 0 Å². The second-order valence-corrected chi connectivity index (χ2v) is 20.3. The molecule has 9 rings (SSSR count). The first-order chi connectivity index (χ1) is 40.6. The molecule has 2 unspecified atom stereocenters. The zero-order valence-corrected chi connectivity index (χ0v) is 46.4. The van der Waals surface area contributed by atoms with E-state index < -0.39 is 41.1 Å². The quantitative estimate of drug-likeness (QED) is 0.0364. The summed E-state index contributed by atoms with van der Waals surface area (Å²) in [6.45, 7) is 4.07. The molecule has 0 aromatic heterocycles. The van der Waals surface area contributed by atoms with Crippen LogP contribution in [0.1, 0.15) is 77.1 Å². The molecule has 3 amide bonds. The molecule has 0 heterocycles. The number of carbonyl (C=O) groups is 3. The molecule has 0 radical (unpaired) electrons. The van der Waals surface area contributed by atoms with E-state index in [4.69, 9.17) is 14.2 Å². The van der Waals surface area contributed by atoms with Gasteiger partial charge in [0.15, 0.2) is 23.0 Å². The Balaban J connectivity index is 1.24. The van der Waals surface area contributed by atoms with E-state index in [-0.39, 0.29) is 97.2 Å². The van der Waals surface area contributed by atoms with Gasteiger partial charge in [0.25, 0.3) is 0 Å². The van der Waals surface area contributed by atoms with E-state index in [9.17, 15) is 29.7 Å². The van der Waals surface area contributed by atoms with E-state index in [1.54, 1.807) is 30.3 Å². The second kappa shape index (κ2) is 27.2. The summed E-state index contributed by atoms with van der Waals surface area (Å²) >= 11 is 0. The van der Waals surface area contributed by atoms with Crippen molar-refractivity contribution in [3.63, 3.8) is 0 Å². The van der Waals surface area contributed by atoms with Crippen LogP contribution in [-0.2, 0) is 40.6 Å². The van der Waals surface area contributed by atoms with E-state index in [0.717, 1.165) is 16.7 Å². The number of phenolic OH excluding ortho intramolecular Hbond substituents is 3. The average molecular weight is 1130 g/mol. The third-order valence-electron chi connectivity index (χ3n) is 14.2. The van der Waals surface area contributed by atoms with Gasteiger partial charge in [-0.3, -0.25) is 14.4 Å². The second-order valence-electron chi connectivity index (χ2n) is 20.3. The van der Waals surface area contributed by atoms with E-state index in [1.165, 1.54) is 87.5 Å². The number of nitrogens with one attached hydrogen (secondary N) is 3. The van der Waals surface area contributed by atoms with Crippen LogP contribution < -0.4 is 30.2 Å². The first-order valence-corrected chi connectivity index (χ1v) is 27.3. The first-order valence-electron chi connectivity index (χ1n) is 27.3. The van der Waals surface area contributed by atoms with Crippen molar-refractivity contribution in [1.29, 1.82) is 0 Å². The number of aromatic hydroxyl groups is 3. The van der Waals surface area contributed by atoms with Crippen LogP contribution in [0.3, 0.4) is 0 Å². The van der Waals surface area contributed by atoms with Gasteiger partial charge in [0.05, 0.1) is 0 Å². The highest BCUT2D eigenvalue weighted by Gasteiger charge is 2.29. The van der Waals surface area contributed by atoms with Crippen LogP contribution in [0.5, 0.6) is 34.5 Å². The number of phenols is 3. The maximum Gasteiger partial charge on any atom is 0.216 e. The summed E-state index contributed by atoms with van der Waals surface area (Å²) in [7, 11) is 0. The number of halogens is 3. The zero-order chi connectivity index (χ0) is 59.3. The molecule has 0 spiro atoms. The molecular weight excluding hydrogens is 1070 g/mol. The summed E-state index contributed by atoms with van der Waals surface area (Å²) < 4.78 is 68.1. The predicted octanol–water partition coefficient (Wildman–Crippen LogP) is 13.2. The van der Waals surface area contributed by atoms with Crippen LogP contribution in [0, 0.1) is 17.5 Å². The molecule has 0 bridgehead atoms. The minimum atomic E-state index is -0.977. The van der Waals surface area contributed by atoms with Crippen LogP contribution in [0.25, 0.3) is 33.4 Å². The van der Waals surface area contributed by atoms with Gasteiger partial charge in [-0.2, -0.15) is 0 Å². The lowest BCUT2D eigenvalue weighted by Crippen LogP contribution is -2.27. The summed E-state index contributed by atoms with van der Waals surface area (Å²) in [4.78, 5) is 38.0. The van der Waals surface area contributed by atoms with E-state index in [0.29, 0.717) is 50.3 Å². The number of hydrogen-bond acceptors (Lipinski definition) is 9. The summed E-state index contributed by atoms with van der Waals surface area (Å²) in [6, 6.07) is 51.1. The van der Waals surface area contributed by atoms with E-state index >= 15 is 13.2 Å². The molecule has 2 atom stereocenters. The van der Waals surface area contributed by atoms with Crippen LogP contribution in [0.15, 0.2) is 188 Å². The Bertz CT molecular complexity index is 3810. The Morgan fingerprint density at radius 2 is 0.976 bits per heavy atom. The van der Waals surface area contributed by atoms with Crippen molar-refractivity contribution in [3.05, 3.63) is 250 Å². The highest BCUT2D eigenvalue weighted by Crippen LogP contribution is 2.48. The summed E-state index contributed by atoms with van der Waals surface area (Å²) in [5, 5.41) is 43.4. The Morgan fingerprint density at radius 1 is 0.452 bits per heavy atom. The smallest absolute Gasteiger partial charge is 0.216 e. The van der Waals surface area contributed by atoms with Crippen LogP contribution >= 0.6 is 0 Å². The number of amides is 3. The van der Waals surface area contributed by atoms with Crippen molar-refractivity contribution < 1.29 is 57.1 Å².